The maximum Gasteiger partial charge on any atom is 0.168 e. The second kappa shape index (κ2) is 8.89. The first-order valence-corrected chi connectivity index (χ1v) is 8.81. The van der Waals surface area contributed by atoms with E-state index in [1.165, 1.54) is 18.2 Å². The second-order valence-corrected chi connectivity index (χ2v) is 6.23. The molecule has 0 saturated carbocycles. The van der Waals surface area contributed by atoms with Gasteiger partial charge in [0, 0.05) is 46.3 Å². The van der Waals surface area contributed by atoms with Gasteiger partial charge in [-0.1, -0.05) is 11.5 Å². The lowest BCUT2D eigenvalue weighted by atomic mass is 10.0. The number of halogens is 2. The first-order chi connectivity index (χ1) is 13.6. The number of ether oxygens (including phenoxy) is 1. The standard InChI is InChI=1S/C20H17F2N5O/c21-17-6-5-14(10-13(17)12-23)28-20-16(4-2-1-3-8-26-27-24)15-7-9-25-19(15)11-18(20)22/h5-7,9-11,25H,1-4,8H2. The number of azide groups is 1. The lowest BCUT2D eigenvalue weighted by Crippen LogP contribution is -1.98. The van der Waals surface area contributed by atoms with E-state index in [0.29, 0.717) is 24.0 Å². The summed E-state index contributed by atoms with van der Waals surface area (Å²) in [6, 6.07) is 8.68. The van der Waals surface area contributed by atoms with Crippen LogP contribution in [0.15, 0.2) is 41.6 Å². The van der Waals surface area contributed by atoms with Crippen molar-refractivity contribution in [1.29, 1.82) is 5.26 Å². The van der Waals surface area contributed by atoms with E-state index in [0.717, 1.165) is 30.7 Å². The smallest absolute Gasteiger partial charge is 0.168 e. The summed E-state index contributed by atoms with van der Waals surface area (Å²) in [5.41, 5.74) is 9.50. The number of H-pyrrole nitrogens is 1. The topological polar surface area (TPSA) is 97.6 Å². The third-order valence-corrected chi connectivity index (χ3v) is 4.39. The minimum atomic E-state index is -0.656. The molecule has 0 atom stereocenters. The number of nitrogens with zero attached hydrogens (tertiary/aromatic N) is 4. The summed E-state index contributed by atoms with van der Waals surface area (Å²) < 4.78 is 34.0. The summed E-state index contributed by atoms with van der Waals surface area (Å²) >= 11 is 0. The molecular weight excluding hydrogens is 364 g/mol. The van der Waals surface area contributed by atoms with Crippen molar-refractivity contribution in [3.05, 3.63) is 69.7 Å². The van der Waals surface area contributed by atoms with Crippen molar-refractivity contribution in [3.8, 4) is 17.6 Å². The normalized spacial score (nSPS) is 10.5. The van der Waals surface area contributed by atoms with E-state index in [9.17, 15) is 8.78 Å². The number of nitriles is 1. The molecule has 0 amide bonds. The fraction of sp³-hybridized carbons (Fsp3) is 0.250. The van der Waals surface area contributed by atoms with Crippen LogP contribution in [0.2, 0.25) is 0 Å². The van der Waals surface area contributed by atoms with Crippen LogP contribution in [-0.2, 0) is 6.42 Å². The van der Waals surface area contributed by atoms with Gasteiger partial charge in [-0.15, -0.1) is 0 Å². The maximum absolute atomic E-state index is 14.7. The van der Waals surface area contributed by atoms with Gasteiger partial charge < -0.3 is 9.72 Å². The molecule has 1 aromatic heterocycles. The Hall–Kier alpha value is -3.56. The van der Waals surface area contributed by atoms with E-state index in [1.54, 1.807) is 12.3 Å². The highest BCUT2D eigenvalue weighted by atomic mass is 19.1. The molecule has 2 aromatic carbocycles. The summed E-state index contributed by atoms with van der Waals surface area (Å²) in [6.45, 7) is 0.426. The summed E-state index contributed by atoms with van der Waals surface area (Å²) in [4.78, 5) is 5.71. The fourth-order valence-corrected chi connectivity index (χ4v) is 3.06. The van der Waals surface area contributed by atoms with Gasteiger partial charge in [-0.25, -0.2) is 8.78 Å². The first kappa shape index (κ1) is 19.2. The Morgan fingerprint density at radius 3 is 2.79 bits per heavy atom. The lowest BCUT2D eigenvalue weighted by Gasteiger charge is -2.14. The molecule has 0 bridgehead atoms. The molecule has 6 nitrogen and oxygen atoms in total. The molecule has 1 heterocycles. The third kappa shape index (κ3) is 4.22. The molecule has 1 N–H and O–H groups in total. The Morgan fingerprint density at radius 2 is 2.00 bits per heavy atom. The van der Waals surface area contributed by atoms with Crippen molar-refractivity contribution in [2.24, 2.45) is 5.11 Å². The van der Waals surface area contributed by atoms with Gasteiger partial charge >= 0.3 is 0 Å². The van der Waals surface area contributed by atoms with Gasteiger partial charge in [0.15, 0.2) is 11.6 Å². The number of nitrogens with one attached hydrogen (secondary N) is 1. The molecule has 0 fully saturated rings. The van der Waals surface area contributed by atoms with Crippen LogP contribution in [0.3, 0.4) is 0 Å². The zero-order chi connectivity index (χ0) is 19.9. The van der Waals surface area contributed by atoms with Crippen LogP contribution in [-0.4, -0.2) is 11.5 Å². The fourth-order valence-electron chi connectivity index (χ4n) is 3.06. The first-order valence-electron chi connectivity index (χ1n) is 8.81. The van der Waals surface area contributed by atoms with Crippen molar-refractivity contribution in [2.45, 2.75) is 25.7 Å². The van der Waals surface area contributed by atoms with Crippen molar-refractivity contribution < 1.29 is 13.5 Å². The third-order valence-electron chi connectivity index (χ3n) is 4.39. The van der Waals surface area contributed by atoms with Gasteiger partial charge in [0.05, 0.1) is 5.56 Å². The number of rotatable bonds is 8. The minimum absolute atomic E-state index is 0.0673. The number of hydrogen-bond acceptors (Lipinski definition) is 3. The molecule has 0 aliphatic carbocycles. The predicted octanol–water partition coefficient (Wildman–Crippen LogP) is 6.13. The number of fused-ring (bicyclic) bond motifs is 1. The van der Waals surface area contributed by atoms with Crippen molar-refractivity contribution in [1.82, 2.24) is 4.98 Å². The van der Waals surface area contributed by atoms with Gasteiger partial charge in [0.1, 0.15) is 17.6 Å². The number of aryl methyl sites for hydroxylation is 1. The van der Waals surface area contributed by atoms with Crippen LogP contribution in [0.25, 0.3) is 21.3 Å². The lowest BCUT2D eigenvalue weighted by molar-refractivity contribution is 0.435. The van der Waals surface area contributed by atoms with E-state index in [1.807, 2.05) is 6.07 Å². The molecule has 3 aromatic rings. The number of unbranched alkanes of at least 4 members (excludes halogenated alkanes) is 2. The number of aromatic amines is 1. The molecule has 0 unspecified atom stereocenters. The van der Waals surface area contributed by atoms with E-state index < -0.39 is 11.6 Å². The van der Waals surface area contributed by atoms with E-state index in [2.05, 4.69) is 15.0 Å². The molecule has 0 spiro atoms. The number of benzene rings is 2. The van der Waals surface area contributed by atoms with Crippen molar-refractivity contribution in [3.63, 3.8) is 0 Å². The zero-order valence-corrected chi connectivity index (χ0v) is 15.0. The molecule has 3 rings (SSSR count). The van der Waals surface area contributed by atoms with Gasteiger partial charge in [0.2, 0.25) is 0 Å². The highest BCUT2D eigenvalue weighted by Gasteiger charge is 2.17. The molecule has 0 saturated heterocycles. The zero-order valence-electron chi connectivity index (χ0n) is 15.0. The SMILES string of the molecule is N#Cc1cc(Oc2c(F)cc3[nH]ccc3c2CCCCCN=[N+]=[N-])ccc1F. The van der Waals surface area contributed by atoms with Gasteiger partial charge in [0.25, 0.3) is 0 Å². The van der Waals surface area contributed by atoms with Crippen molar-refractivity contribution >= 4 is 10.9 Å². The average Bonchev–Trinajstić information content (AvgIpc) is 3.15. The Bertz CT molecular complexity index is 1080. The van der Waals surface area contributed by atoms with E-state index >= 15 is 0 Å². The van der Waals surface area contributed by atoms with Crippen LogP contribution in [0.1, 0.15) is 30.4 Å². The van der Waals surface area contributed by atoms with Crippen LogP contribution in [0.5, 0.6) is 11.5 Å². The quantitative estimate of drug-likeness (QED) is 0.220. The molecule has 0 radical (unpaired) electrons. The maximum atomic E-state index is 14.7. The number of aromatic nitrogens is 1. The summed E-state index contributed by atoms with van der Waals surface area (Å²) in [5.74, 6) is -0.937. The monoisotopic (exact) mass is 381 g/mol. The second-order valence-electron chi connectivity index (χ2n) is 6.23. The molecule has 142 valence electrons. The molecule has 28 heavy (non-hydrogen) atoms. The average molecular weight is 381 g/mol. The van der Waals surface area contributed by atoms with Gasteiger partial charge in [-0.3, -0.25) is 0 Å². The Kier molecular flexibility index (Phi) is 6.10. The highest BCUT2D eigenvalue weighted by Crippen LogP contribution is 2.35. The largest absolute Gasteiger partial charge is 0.454 e. The van der Waals surface area contributed by atoms with Crippen LogP contribution < -0.4 is 4.74 Å². The Balaban J connectivity index is 1.89. The predicted molar refractivity (Wildman–Crippen MR) is 101 cm³/mol. The van der Waals surface area contributed by atoms with E-state index in [4.69, 9.17) is 15.5 Å². The summed E-state index contributed by atoms with van der Waals surface area (Å²) in [7, 11) is 0. The number of hydrogen-bond donors (Lipinski definition) is 1. The molecule has 0 aliphatic heterocycles. The molecule has 8 heteroatoms. The van der Waals surface area contributed by atoms with Crippen molar-refractivity contribution in [2.75, 3.05) is 6.54 Å². The van der Waals surface area contributed by atoms with Crippen LogP contribution in [0, 0.1) is 23.0 Å². The van der Waals surface area contributed by atoms with E-state index in [-0.39, 0.29) is 17.1 Å². The summed E-state index contributed by atoms with van der Waals surface area (Å²) in [6.07, 6.45) is 4.61. The highest BCUT2D eigenvalue weighted by molar-refractivity contribution is 5.85. The Morgan fingerprint density at radius 1 is 1.14 bits per heavy atom. The minimum Gasteiger partial charge on any atom is -0.454 e. The van der Waals surface area contributed by atoms with Gasteiger partial charge in [-0.2, -0.15) is 5.26 Å². The summed E-state index contributed by atoms with van der Waals surface area (Å²) in [5, 5.41) is 13.3. The van der Waals surface area contributed by atoms with Crippen LogP contribution in [0.4, 0.5) is 8.78 Å². The van der Waals surface area contributed by atoms with Gasteiger partial charge in [-0.05, 0) is 43.0 Å². The van der Waals surface area contributed by atoms with Crippen LogP contribution >= 0.6 is 0 Å². The Labute approximate surface area is 160 Å². The molecule has 0 aliphatic rings. The molecular formula is C20H17F2N5O.